The average Bonchev–Trinajstić information content (AvgIpc) is 2.79. The monoisotopic (exact) mass is 236 g/mol. The number of nitrogens with zero attached hydrogens (tertiary/aromatic N) is 3. The zero-order valence-corrected chi connectivity index (χ0v) is 10.6. The van der Waals surface area contributed by atoms with Crippen LogP contribution in [0.25, 0.3) is 0 Å². The van der Waals surface area contributed by atoms with Crippen LogP contribution in [0.3, 0.4) is 0 Å². The number of amides is 1. The van der Waals surface area contributed by atoms with Crippen LogP contribution in [-0.2, 0) is 13.0 Å². The van der Waals surface area contributed by atoms with E-state index in [1.54, 1.807) is 0 Å². The van der Waals surface area contributed by atoms with Crippen LogP contribution in [0.1, 0.15) is 56.0 Å². The van der Waals surface area contributed by atoms with Crippen LogP contribution in [0.15, 0.2) is 0 Å². The van der Waals surface area contributed by atoms with Gasteiger partial charge in [-0.25, -0.2) is 0 Å². The van der Waals surface area contributed by atoms with Crippen molar-refractivity contribution in [3.8, 4) is 0 Å². The van der Waals surface area contributed by atoms with E-state index >= 15 is 0 Å². The number of nitrogens with one attached hydrogen (secondary N) is 1. The summed E-state index contributed by atoms with van der Waals surface area (Å²) in [6.07, 6.45) is 5.08. The fourth-order valence-corrected chi connectivity index (χ4v) is 2.22. The number of carbonyl (C=O) groups is 1. The number of aromatic nitrogens is 3. The van der Waals surface area contributed by atoms with Gasteiger partial charge in [0.1, 0.15) is 5.82 Å². The van der Waals surface area contributed by atoms with Crippen molar-refractivity contribution in [2.24, 2.45) is 0 Å². The van der Waals surface area contributed by atoms with Crippen molar-refractivity contribution in [2.45, 2.75) is 58.5 Å². The molecular formula is C12H20N4O. The summed E-state index contributed by atoms with van der Waals surface area (Å²) < 4.78 is 1.96. The highest BCUT2D eigenvalue weighted by Gasteiger charge is 2.21. The molecule has 0 saturated carbocycles. The summed E-state index contributed by atoms with van der Waals surface area (Å²) in [4.78, 5) is 12.1. The zero-order chi connectivity index (χ0) is 12.3. The van der Waals surface area contributed by atoms with Gasteiger partial charge in [0, 0.05) is 19.0 Å². The maximum atomic E-state index is 12.1. The van der Waals surface area contributed by atoms with Crippen LogP contribution in [0.2, 0.25) is 0 Å². The number of rotatable bonds is 4. The highest BCUT2D eigenvalue weighted by atomic mass is 16.2. The van der Waals surface area contributed by atoms with Crippen molar-refractivity contribution in [2.75, 3.05) is 0 Å². The topological polar surface area (TPSA) is 59.8 Å². The Labute approximate surface area is 102 Å². The molecule has 0 radical (unpaired) electrons. The Morgan fingerprint density at radius 3 is 2.82 bits per heavy atom. The van der Waals surface area contributed by atoms with Gasteiger partial charge in [0.25, 0.3) is 5.91 Å². The van der Waals surface area contributed by atoms with E-state index in [0.717, 1.165) is 44.5 Å². The van der Waals surface area contributed by atoms with Gasteiger partial charge in [-0.3, -0.25) is 4.79 Å². The lowest BCUT2D eigenvalue weighted by molar-refractivity contribution is 0.0918. The molecule has 1 amide bonds. The molecule has 1 aromatic heterocycles. The first kappa shape index (κ1) is 12.1. The van der Waals surface area contributed by atoms with Gasteiger partial charge in [-0.2, -0.15) is 0 Å². The van der Waals surface area contributed by atoms with Crippen LogP contribution in [0, 0.1) is 0 Å². The summed E-state index contributed by atoms with van der Waals surface area (Å²) in [5.41, 5.74) is 0. The molecule has 0 saturated heterocycles. The van der Waals surface area contributed by atoms with Gasteiger partial charge in [-0.15, -0.1) is 10.2 Å². The number of hydrogen-bond donors (Lipinski definition) is 1. The Balaban J connectivity index is 2.11. The van der Waals surface area contributed by atoms with Crippen molar-refractivity contribution < 1.29 is 4.79 Å². The first-order chi connectivity index (χ1) is 8.26. The van der Waals surface area contributed by atoms with Gasteiger partial charge in [-0.1, -0.05) is 13.8 Å². The van der Waals surface area contributed by atoms with E-state index in [2.05, 4.69) is 29.4 Å². The van der Waals surface area contributed by atoms with Crippen LogP contribution < -0.4 is 5.32 Å². The lowest BCUT2D eigenvalue weighted by Gasteiger charge is -2.17. The Hall–Kier alpha value is -1.39. The standard InChI is InChI=1S/C12H20N4O/c1-3-9(4-2)13-12(17)11-15-14-10-7-5-6-8-16(10)11/h9H,3-8H2,1-2H3,(H,13,17). The molecule has 2 rings (SSSR count). The predicted molar refractivity (Wildman–Crippen MR) is 64.8 cm³/mol. The summed E-state index contributed by atoms with van der Waals surface area (Å²) in [6, 6.07) is 0.235. The Bertz CT molecular complexity index is 395. The van der Waals surface area contributed by atoms with Crippen molar-refractivity contribution in [1.29, 1.82) is 0 Å². The predicted octanol–water partition coefficient (Wildman–Crippen LogP) is 1.53. The molecule has 0 fully saturated rings. The minimum Gasteiger partial charge on any atom is -0.347 e. The van der Waals surface area contributed by atoms with Crippen LogP contribution in [0.4, 0.5) is 0 Å². The van der Waals surface area contributed by atoms with Gasteiger partial charge in [-0.05, 0) is 25.7 Å². The van der Waals surface area contributed by atoms with E-state index in [1.165, 1.54) is 0 Å². The fourth-order valence-electron chi connectivity index (χ4n) is 2.22. The van der Waals surface area contributed by atoms with E-state index < -0.39 is 0 Å². The Kier molecular flexibility index (Phi) is 3.76. The molecule has 2 heterocycles. The molecule has 0 spiro atoms. The SMILES string of the molecule is CCC(CC)NC(=O)c1nnc2n1CCCC2. The number of hydrogen-bond acceptors (Lipinski definition) is 3. The molecule has 0 aromatic carbocycles. The highest BCUT2D eigenvalue weighted by Crippen LogP contribution is 2.14. The van der Waals surface area contributed by atoms with Gasteiger partial charge in [0.05, 0.1) is 0 Å². The second-order valence-electron chi connectivity index (χ2n) is 4.54. The van der Waals surface area contributed by atoms with E-state index in [1.807, 2.05) is 4.57 Å². The summed E-state index contributed by atoms with van der Waals surface area (Å²) in [7, 11) is 0. The molecule has 5 nitrogen and oxygen atoms in total. The van der Waals surface area contributed by atoms with Crippen molar-refractivity contribution >= 4 is 5.91 Å². The van der Waals surface area contributed by atoms with Gasteiger partial charge in [0.15, 0.2) is 0 Å². The van der Waals surface area contributed by atoms with Crippen LogP contribution in [0.5, 0.6) is 0 Å². The number of aryl methyl sites for hydroxylation is 1. The maximum Gasteiger partial charge on any atom is 0.289 e. The minimum atomic E-state index is -0.0839. The first-order valence-electron chi connectivity index (χ1n) is 6.49. The zero-order valence-electron chi connectivity index (χ0n) is 10.6. The molecule has 17 heavy (non-hydrogen) atoms. The molecule has 0 aliphatic carbocycles. The quantitative estimate of drug-likeness (QED) is 0.862. The third kappa shape index (κ3) is 2.48. The molecule has 0 atom stereocenters. The van der Waals surface area contributed by atoms with Gasteiger partial charge < -0.3 is 9.88 Å². The first-order valence-corrected chi connectivity index (χ1v) is 6.49. The van der Waals surface area contributed by atoms with Crippen LogP contribution in [-0.4, -0.2) is 26.7 Å². The fraction of sp³-hybridized carbons (Fsp3) is 0.750. The van der Waals surface area contributed by atoms with E-state index in [9.17, 15) is 4.79 Å². The molecule has 1 aliphatic rings. The molecule has 5 heteroatoms. The largest absolute Gasteiger partial charge is 0.347 e. The molecule has 94 valence electrons. The normalized spacial score (nSPS) is 14.8. The lowest BCUT2D eigenvalue weighted by atomic mass is 10.1. The van der Waals surface area contributed by atoms with Crippen molar-refractivity contribution in [3.63, 3.8) is 0 Å². The summed E-state index contributed by atoms with van der Waals surface area (Å²) in [5.74, 6) is 1.34. The maximum absolute atomic E-state index is 12.1. The van der Waals surface area contributed by atoms with Crippen molar-refractivity contribution in [1.82, 2.24) is 20.1 Å². The summed E-state index contributed by atoms with van der Waals surface area (Å²) >= 11 is 0. The van der Waals surface area contributed by atoms with E-state index in [4.69, 9.17) is 0 Å². The Morgan fingerprint density at radius 1 is 1.35 bits per heavy atom. The second kappa shape index (κ2) is 5.29. The summed E-state index contributed by atoms with van der Waals surface area (Å²) in [5, 5.41) is 11.1. The third-order valence-corrected chi connectivity index (χ3v) is 3.38. The second-order valence-corrected chi connectivity index (χ2v) is 4.54. The molecular weight excluding hydrogens is 216 g/mol. The van der Waals surface area contributed by atoms with E-state index in [0.29, 0.717) is 5.82 Å². The summed E-state index contributed by atoms with van der Waals surface area (Å²) in [6.45, 7) is 5.02. The third-order valence-electron chi connectivity index (χ3n) is 3.38. The molecule has 1 aromatic rings. The molecule has 0 bridgehead atoms. The van der Waals surface area contributed by atoms with Gasteiger partial charge in [0.2, 0.25) is 5.82 Å². The van der Waals surface area contributed by atoms with Crippen LogP contribution >= 0.6 is 0 Å². The smallest absolute Gasteiger partial charge is 0.289 e. The highest BCUT2D eigenvalue weighted by molar-refractivity contribution is 5.90. The average molecular weight is 236 g/mol. The van der Waals surface area contributed by atoms with E-state index in [-0.39, 0.29) is 11.9 Å². The minimum absolute atomic E-state index is 0.0839. The van der Waals surface area contributed by atoms with Gasteiger partial charge >= 0.3 is 0 Å². The molecule has 1 aliphatic heterocycles. The lowest BCUT2D eigenvalue weighted by Crippen LogP contribution is -2.36. The molecule has 1 N–H and O–H groups in total. The molecule has 0 unspecified atom stereocenters. The van der Waals surface area contributed by atoms with Crippen molar-refractivity contribution in [3.05, 3.63) is 11.6 Å². The Morgan fingerprint density at radius 2 is 2.12 bits per heavy atom. The number of fused-ring (bicyclic) bond motifs is 1. The number of carbonyl (C=O) groups excluding carboxylic acids is 1.